The first-order valence-corrected chi connectivity index (χ1v) is 5.40. The van der Waals surface area contributed by atoms with E-state index in [4.69, 9.17) is 5.84 Å². The van der Waals surface area contributed by atoms with Gasteiger partial charge < -0.3 is 10.6 Å². The Bertz CT molecular complexity index is 553. The van der Waals surface area contributed by atoms with Gasteiger partial charge in [0.25, 0.3) is 5.95 Å². The van der Waals surface area contributed by atoms with Crippen LogP contribution in [0.1, 0.15) is 0 Å². The molecule has 0 aliphatic carbocycles. The van der Waals surface area contributed by atoms with Crippen molar-refractivity contribution in [2.24, 2.45) is 5.84 Å². The minimum atomic E-state index is -0.191. The molecule has 0 saturated heterocycles. The van der Waals surface area contributed by atoms with Gasteiger partial charge in [-0.05, 0) is 6.07 Å². The molecule has 2 rings (SSSR count). The molecule has 2 aromatic heterocycles. The molecule has 1 amide bonds. The van der Waals surface area contributed by atoms with Gasteiger partial charge in [0, 0.05) is 19.4 Å². The van der Waals surface area contributed by atoms with E-state index >= 15 is 0 Å². The monoisotopic (exact) mass is 263 g/mol. The molecule has 0 aliphatic heterocycles. The van der Waals surface area contributed by atoms with Crippen LogP contribution < -0.4 is 21.9 Å². The van der Waals surface area contributed by atoms with Gasteiger partial charge in [0.2, 0.25) is 17.8 Å². The second-order valence-corrected chi connectivity index (χ2v) is 3.40. The van der Waals surface area contributed by atoms with Gasteiger partial charge in [-0.2, -0.15) is 20.1 Å². The molecule has 0 aliphatic rings. The Kier molecular flexibility index (Phi) is 3.83. The van der Waals surface area contributed by atoms with Gasteiger partial charge in [-0.3, -0.25) is 10.2 Å². The van der Waals surface area contributed by atoms with Gasteiger partial charge in [-0.1, -0.05) is 0 Å². The normalized spacial score (nSPS) is 10.0. The number of rotatable bonds is 5. The number of carbonyl (C=O) groups is 1. The number of nitrogens with one attached hydrogen (secondary N) is 3. The largest absolute Gasteiger partial charge is 0.358 e. The first-order valence-electron chi connectivity index (χ1n) is 5.40. The lowest BCUT2D eigenvalue weighted by molar-refractivity contribution is -0.118. The van der Waals surface area contributed by atoms with Crippen LogP contribution in [0.2, 0.25) is 0 Å². The molecule has 5 N–H and O–H groups in total. The van der Waals surface area contributed by atoms with E-state index in [-0.39, 0.29) is 30.3 Å². The summed E-state index contributed by atoms with van der Waals surface area (Å²) in [7, 11) is 1.54. The van der Waals surface area contributed by atoms with E-state index in [2.05, 4.69) is 36.1 Å². The van der Waals surface area contributed by atoms with E-state index in [9.17, 15) is 4.79 Å². The average Bonchev–Trinajstić information content (AvgIpc) is 2.98. The van der Waals surface area contributed by atoms with Crippen molar-refractivity contribution in [1.82, 2.24) is 30.0 Å². The van der Waals surface area contributed by atoms with Crippen LogP contribution in [0.4, 0.5) is 11.9 Å². The molecule has 100 valence electrons. The van der Waals surface area contributed by atoms with E-state index < -0.39 is 0 Å². The van der Waals surface area contributed by atoms with Crippen LogP contribution in [-0.2, 0) is 4.79 Å². The smallest absolute Gasteiger partial charge is 0.257 e. The molecule has 0 unspecified atom stereocenters. The summed E-state index contributed by atoms with van der Waals surface area (Å²) in [6.07, 6.45) is 3.27. The van der Waals surface area contributed by atoms with E-state index in [0.29, 0.717) is 0 Å². The van der Waals surface area contributed by atoms with Crippen molar-refractivity contribution >= 4 is 17.8 Å². The Hall–Kier alpha value is -2.75. The minimum Gasteiger partial charge on any atom is -0.358 e. The number of nitrogens with two attached hydrogens (primary N) is 1. The molecule has 10 nitrogen and oxygen atoms in total. The molecule has 0 bridgehead atoms. The van der Waals surface area contributed by atoms with Gasteiger partial charge in [0.1, 0.15) is 0 Å². The highest BCUT2D eigenvalue weighted by molar-refractivity contribution is 5.79. The zero-order valence-corrected chi connectivity index (χ0v) is 10.2. The van der Waals surface area contributed by atoms with Crippen molar-refractivity contribution in [2.75, 3.05) is 24.3 Å². The Morgan fingerprint density at radius 1 is 1.37 bits per heavy atom. The second kappa shape index (κ2) is 5.73. The van der Waals surface area contributed by atoms with Crippen molar-refractivity contribution < 1.29 is 4.79 Å². The molecule has 0 fully saturated rings. The summed E-state index contributed by atoms with van der Waals surface area (Å²) in [5.74, 6) is 5.76. The average molecular weight is 263 g/mol. The first kappa shape index (κ1) is 12.7. The maximum Gasteiger partial charge on any atom is 0.257 e. The van der Waals surface area contributed by atoms with Crippen LogP contribution >= 0.6 is 0 Å². The summed E-state index contributed by atoms with van der Waals surface area (Å²) in [6.45, 7) is 0.0447. The number of anilines is 2. The number of aromatic nitrogens is 5. The first-order chi connectivity index (χ1) is 9.22. The quantitative estimate of drug-likeness (QED) is 0.378. The predicted molar refractivity (Wildman–Crippen MR) is 67.3 cm³/mol. The maximum absolute atomic E-state index is 11.2. The SMILES string of the molecule is CNC(=O)CNc1nc(NN)nc(-n2cccn2)n1. The Morgan fingerprint density at radius 2 is 2.16 bits per heavy atom. The number of amides is 1. The highest BCUT2D eigenvalue weighted by Gasteiger charge is 2.08. The summed E-state index contributed by atoms with van der Waals surface area (Å²) in [5.41, 5.74) is 2.33. The third-order valence-electron chi connectivity index (χ3n) is 2.15. The van der Waals surface area contributed by atoms with Crippen molar-refractivity contribution in [1.29, 1.82) is 0 Å². The van der Waals surface area contributed by atoms with Crippen LogP contribution in [0.25, 0.3) is 5.95 Å². The number of hydrogen-bond acceptors (Lipinski definition) is 8. The molecule has 19 heavy (non-hydrogen) atoms. The summed E-state index contributed by atoms with van der Waals surface area (Å²) >= 11 is 0. The zero-order valence-electron chi connectivity index (χ0n) is 10.2. The van der Waals surface area contributed by atoms with Crippen molar-refractivity contribution in [3.05, 3.63) is 18.5 Å². The van der Waals surface area contributed by atoms with Gasteiger partial charge >= 0.3 is 0 Å². The number of likely N-dealkylation sites (N-methyl/N-ethyl adjacent to an activating group) is 1. The summed E-state index contributed by atoms with van der Waals surface area (Å²) < 4.78 is 1.45. The fraction of sp³-hybridized carbons (Fsp3) is 0.222. The molecular weight excluding hydrogens is 250 g/mol. The Balaban J connectivity index is 2.23. The molecule has 0 aromatic carbocycles. The molecule has 2 aromatic rings. The van der Waals surface area contributed by atoms with E-state index in [0.717, 1.165) is 0 Å². The highest BCUT2D eigenvalue weighted by atomic mass is 16.1. The fourth-order valence-electron chi connectivity index (χ4n) is 1.25. The molecule has 0 saturated carbocycles. The van der Waals surface area contributed by atoms with Crippen LogP contribution in [0.3, 0.4) is 0 Å². The molecule has 10 heteroatoms. The van der Waals surface area contributed by atoms with E-state index in [1.165, 1.54) is 4.68 Å². The number of nitrogen functional groups attached to an aromatic ring is 1. The van der Waals surface area contributed by atoms with Crippen LogP contribution in [0.15, 0.2) is 18.5 Å². The molecule has 2 heterocycles. The highest BCUT2D eigenvalue weighted by Crippen LogP contribution is 2.07. The molecule has 0 radical (unpaired) electrons. The molecule has 0 atom stereocenters. The van der Waals surface area contributed by atoms with Crippen molar-refractivity contribution in [3.8, 4) is 5.95 Å². The number of hydrazine groups is 1. The number of nitrogens with zero attached hydrogens (tertiary/aromatic N) is 5. The van der Waals surface area contributed by atoms with Crippen LogP contribution in [0, 0.1) is 0 Å². The topological polar surface area (TPSA) is 136 Å². The van der Waals surface area contributed by atoms with Gasteiger partial charge in [-0.15, -0.1) is 0 Å². The summed E-state index contributed by atoms with van der Waals surface area (Å²) in [5, 5.41) is 9.24. The lowest BCUT2D eigenvalue weighted by Crippen LogP contribution is -2.27. The maximum atomic E-state index is 11.2. The predicted octanol–water partition coefficient (Wildman–Crippen LogP) is -1.50. The summed E-state index contributed by atoms with van der Waals surface area (Å²) in [6, 6.07) is 1.73. The van der Waals surface area contributed by atoms with Crippen molar-refractivity contribution in [2.45, 2.75) is 0 Å². The van der Waals surface area contributed by atoms with Crippen LogP contribution in [0.5, 0.6) is 0 Å². The Labute approximate surface area is 108 Å². The summed E-state index contributed by atoms with van der Waals surface area (Å²) in [4.78, 5) is 23.3. The lowest BCUT2D eigenvalue weighted by Gasteiger charge is -2.07. The second-order valence-electron chi connectivity index (χ2n) is 3.40. The lowest BCUT2D eigenvalue weighted by atomic mass is 10.6. The third kappa shape index (κ3) is 3.13. The van der Waals surface area contributed by atoms with Gasteiger partial charge in [0.15, 0.2) is 0 Å². The standard InChI is InChI=1S/C9H13N9O/c1-11-6(19)5-12-7-14-8(17-10)16-9(15-7)18-4-2-3-13-18/h2-4H,5,10H2,1H3,(H,11,19)(H2,12,14,15,16,17). The van der Waals surface area contributed by atoms with Gasteiger partial charge in [0.05, 0.1) is 6.54 Å². The number of hydrogen-bond donors (Lipinski definition) is 4. The fourth-order valence-corrected chi connectivity index (χ4v) is 1.25. The van der Waals surface area contributed by atoms with E-state index in [1.807, 2.05) is 0 Å². The zero-order chi connectivity index (χ0) is 13.7. The third-order valence-corrected chi connectivity index (χ3v) is 2.15. The Morgan fingerprint density at radius 3 is 2.79 bits per heavy atom. The van der Waals surface area contributed by atoms with E-state index in [1.54, 1.807) is 25.5 Å². The van der Waals surface area contributed by atoms with Crippen molar-refractivity contribution in [3.63, 3.8) is 0 Å². The van der Waals surface area contributed by atoms with Gasteiger partial charge in [-0.25, -0.2) is 10.5 Å². The number of carbonyl (C=O) groups excluding carboxylic acids is 1. The molecular formula is C9H13N9O. The minimum absolute atomic E-state index is 0.0447. The molecule has 0 spiro atoms. The van der Waals surface area contributed by atoms with Crippen LogP contribution in [-0.4, -0.2) is 44.2 Å².